The van der Waals surface area contributed by atoms with E-state index in [2.05, 4.69) is 5.32 Å². The third-order valence-electron chi connectivity index (χ3n) is 5.61. The van der Waals surface area contributed by atoms with Crippen molar-refractivity contribution in [1.29, 1.82) is 0 Å². The minimum atomic E-state index is -4.44. The molecule has 2 aliphatic rings. The molecule has 4 rings (SSSR count). The van der Waals surface area contributed by atoms with Gasteiger partial charge in [0.25, 0.3) is 5.91 Å². The fourth-order valence-corrected chi connectivity index (χ4v) is 4.07. The summed E-state index contributed by atoms with van der Waals surface area (Å²) in [5.41, 5.74) is 0.411. The summed E-state index contributed by atoms with van der Waals surface area (Å²) in [6, 6.07) is 6.53. The molecule has 0 bridgehead atoms. The first-order valence-corrected chi connectivity index (χ1v) is 10.3. The number of benzene rings is 1. The molecule has 0 aliphatic carbocycles. The first-order valence-electron chi connectivity index (χ1n) is 10.3. The molecule has 164 valence electrons. The van der Waals surface area contributed by atoms with E-state index in [9.17, 15) is 18.0 Å². The van der Waals surface area contributed by atoms with Crippen molar-refractivity contribution in [3.8, 4) is 5.75 Å². The number of carbonyl (C=O) groups is 1. The number of carbonyl (C=O) groups excluding carboxylic acids is 1. The van der Waals surface area contributed by atoms with Crippen LogP contribution in [0.3, 0.4) is 0 Å². The van der Waals surface area contributed by atoms with Gasteiger partial charge in [0, 0.05) is 36.5 Å². The quantitative estimate of drug-likeness (QED) is 0.800. The molecule has 1 N–H and O–H groups in total. The van der Waals surface area contributed by atoms with Crippen molar-refractivity contribution >= 4 is 16.8 Å². The molecule has 1 aromatic carbocycles. The molecule has 0 unspecified atom stereocenters. The van der Waals surface area contributed by atoms with Crippen LogP contribution in [-0.4, -0.2) is 67.6 Å². The standard InChI is InChI=1S/C21H26F3N3O3/c22-21(23,24)14-27-18-4-3-17(30-13-15-2-1-5-25-12-15)10-16(18)11-19(27)20(28)26-6-8-29-9-7-26/h3-4,10-11,15,25H,1-2,5-9,12-14H2/t15-/m0/s1. The highest BCUT2D eigenvalue weighted by atomic mass is 19.4. The number of alkyl halides is 3. The molecule has 0 saturated carbocycles. The topological polar surface area (TPSA) is 55.7 Å². The second-order valence-corrected chi connectivity index (χ2v) is 7.88. The molecule has 30 heavy (non-hydrogen) atoms. The van der Waals surface area contributed by atoms with Crippen molar-refractivity contribution in [3.05, 3.63) is 30.0 Å². The van der Waals surface area contributed by atoms with Gasteiger partial charge in [-0.2, -0.15) is 13.2 Å². The van der Waals surface area contributed by atoms with Gasteiger partial charge in [-0.05, 0) is 43.7 Å². The maximum Gasteiger partial charge on any atom is 0.406 e. The highest BCUT2D eigenvalue weighted by molar-refractivity contribution is 5.99. The van der Waals surface area contributed by atoms with Gasteiger partial charge in [0.1, 0.15) is 18.0 Å². The highest BCUT2D eigenvalue weighted by Crippen LogP contribution is 2.29. The van der Waals surface area contributed by atoms with E-state index in [1.165, 1.54) is 11.0 Å². The molecule has 0 spiro atoms. The van der Waals surface area contributed by atoms with Crippen molar-refractivity contribution < 1.29 is 27.4 Å². The molecule has 1 aromatic heterocycles. The Bertz CT molecular complexity index is 885. The third kappa shape index (κ3) is 4.89. The van der Waals surface area contributed by atoms with Crippen LogP contribution in [0.5, 0.6) is 5.75 Å². The second-order valence-electron chi connectivity index (χ2n) is 7.88. The van der Waals surface area contributed by atoms with E-state index in [1.807, 2.05) is 0 Å². The number of hydrogen-bond acceptors (Lipinski definition) is 4. The van der Waals surface area contributed by atoms with Crippen LogP contribution < -0.4 is 10.1 Å². The number of nitrogens with one attached hydrogen (secondary N) is 1. The minimum absolute atomic E-state index is 0.0397. The molecule has 9 heteroatoms. The van der Waals surface area contributed by atoms with Crippen LogP contribution in [0, 0.1) is 5.92 Å². The number of nitrogens with zero attached hydrogens (tertiary/aromatic N) is 2. The number of ether oxygens (including phenoxy) is 2. The van der Waals surface area contributed by atoms with Gasteiger partial charge in [-0.25, -0.2) is 0 Å². The number of piperidine rings is 1. The lowest BCUT2D eigenvalue weighted by molar-refractivity contribution is -0.140. The summed E-state index contributed by atoms with van der Waals surface area (Å²) in [6.07, 6.45) is -2.23. The van der Waals surface area contributed by atoms with Crippen molar-refractivity contribution in [2.24, 2.45) is 5.92 Å². The summed E-state index contributed by atoms with van der Waals surface area (Å²) >= 11 is 0. The smallest absolute Gasteiger partial charge is 0.406 e. The molecular weight excluding hydrogens is 399 g/mol. The maximum absolute atomic E-state index is 13.2. The van der Waals surface area contributed by atoms with Gasteiger partial charge in [-0.1, -0.05) is 0 Å². The van der Waals surface area contributed by atoms with Crippen LogP contribution in [0.2, 0.25) is 0 Å². The molecule has 1 amide bonds. The average molecular weight is 425 g/mol. The van der Waals surface area contributed by atoms with E-state index < -0.39 is 18.6 Å². The predicted molar refractivity (Wildman–Crippen MR) is 106 cm³/mol. The van der Waals surface area contributed by atoms with Gasteiger partial charge in [-0.3, -0.25) is 4.79 Å². The molecule has 3 heterocycles. The lowest BCUT2D eigenvalue weighted by Crippen LogP contribution is -2.41. The van der Waals surface area contributed by atoms with Crippen LogP contribution in [-0.2, 0) is 11.3 Å². The van der Waals surface area contributed by atoms with Gasteiger partial charge < -0.3 is 24.3 Å². The Morgan fingerprint density at radius 1 is 1.23 bits per heavy atom. The van der Waals surface area contributed by atoms with E-state index in [1.54, 1.807) is 18.2 Å². The van der Waals surface area contributed by atoms with Crippen LogP contribution >= 0.6 is 0 Å². The summed E-state index contributed by atoms with van der Waals surface area (Å²) < 4.78 is 51.9. The van der Waals surface area contributed by atoms with Crippen molar-refractivity contribution in [1.82, 2.24) is 14.8 Å². The number of morpholine rings is 1. The summed E-state index contributed by atoms with van der Waals surface area (Å²) in [4.78, 5) is 14.5. The fraction of sp³-hybridized carbons (Fsp3) is 0.571. The van der Waals surface area contributed by atoms with Crippen molar-refractivity contribution in [2.75, 3.05) is 46.0 Å². The number of amides is 1. The molecular formula is C21H26F3N3O3. The summed E-state index contributed by atoms with van der Waals surface area (Å²) in [6.45, 7) is 2.79. The molecule has 2 aliphatic heterocycles. The second kappa shape index (κ2) is 8.85. The van der Waals surface area contributed by atoms with E-state index in [0.717, 1.165) is 30.5 Å². The molecule has 2 saturated heterocycles. The maximum atomic E-state index is 13.2. The van der Waals surface area contributed by atoms with Gasteiger partial charge in [0.2, 0.25) is 0 Å². The largest absolute Gasteiger partial charge is 0.493 e. The molecule has 1 atom stereocenters. The lowest BCUT2D eigenvalue weighted by atomic mass is 10.0. The van der Waals surface area contributed by atoms with Crippen LogP contribution in [0.1, 0.15) is 23.3 Å². The fourth-order valence-electron chi connectivity index (χ4n) is 4.07. The Balaban J connectivity index is 1.60. The summed E-state index contributed by atoms with van der Waals surface area (Å²) in [7, 11) is 0. The Hall–Kier alpha value is -2.26. The van der Waals surface area contributed by atoms with E-state index in [-0.39, 0.29) is 5.69 Å². The van der Waals surface area contributed by atoms with Crippen LogP contribution in [0.25, 0.3) is 10.9 Å². The van der Waals surface area contributed by atoms with E-state index in [4.69, 9.17) is 9.47 Å². The number of rotatable bonds is 5. The lowest BCUT2D eigenvalue weighted by Gasteiger charge is -2.27. The van der Waals surface area contributed by atoms with Crippen molar-refractivity contribution in [2.45, 2.75) is 25.6 Å². The Morgan fingerprint density at radius 3 is 2.73 bits per heavy atom. The minimum Gasteiger partial charge on any atom is -0.493 e. The molecule has 2 fully saturated rings. The zero-order chi connectivity index (χ0) is 21.1. The number of fused-ring (bicyclic) bond motifs is 1. The van der Waals surface area contributed by atoms with E-state index >= 15 is 0 Å². The van der Waals surface area contributed by atoms with Gasteiger partial charge in [0.05, 0.1) is 19.8 Å². The predicted octanol–water partition coefficient (Wildman–Crippen LogP) is 3.05. The van der Waals surface area contributed by atoms with E-state index in [0.29, 0.717) is 55.5 Å². The number of hydrogen-bond donors (Lipinski definition) is 1. The number of aromatic nitrogens is 1. The monoisotopic (exact) mass is 425 g/mol. The SMILES string of the molecule is O=C(c1cc2cc(OC[C@H]3CCCNC3)ccc2n1CC(F)(F)F)N1CCOCC1. The summed E-state index contributed by atoms with van der Waals surface area (Å²) in [5.74, 6) is 0.611. The molecule has 2 aromatic rings. The van der Waals surface area contributed by atoms with Crippen LogP contribution in [0.15, 0.2) is 24.3 Å². The molecule has 6 nitrogen and oxygen atoms in total. The zero-order valence-electron chi connectivity index (χ0n) is 16.7. The highest BCUT2D eigenvalue weighted by Gasteiger charge is 2.32. The zero-order valence-corrected chi connectivity index (χ0v) is 16.7. The Labute approximate surface area is 172 Å². The van der Waals surface area contributed by atoms with Crippen LogP contribution in [0.4, 0.5) is 13.2 Å². The molecule has 0 radical (unpaired) electrons. The first-order chi connectivity index (χ1) is 14.4. The Kier molecular flexibility index (Phi) is 6.19. The van der Waals surface area contributed by atoms with Gasteiger partial charge in [-0.15, -0.1) is 0 Å². The van der Waals surface area contributed by atoms with Gasteiger partial charge in [0.15, 0.2) is 0 Å². The first kappa shape index (κ1) is 21.0. The summed E-state index contributed by atoms with van der Waals surface area (Å²) in [5, 5.41) is 3.90. The Morgan fingerprint density at radius 2 is 2.03 bits per heavy atom. The van der Waals surface area contributed by atoms with Crippen molar-refractivity contribution in [3.63, 3.8) is 0 Å². The number of halogens is 3. The van der Waals surface area contributed by atoms with Gasteiger partial charge >= 0.3 is 6.18 Å². The average Bonchev–Trinajstić information content (AvgIpc) is 3.09. The normalized spacial score (nSPS) is 20.5. The third-order valence-corrected chi connectivity index (χ3v) is 5.61.